The van der Waals surface area contributed by atoms with Crippen LogP contribution in [0, 0.1) is 18.6 Å². The Balaban J connectivity index is 1.28. The average Bonchev–Trinajstić information content (AvgIpc) is 3.27. The molecule has 0 fully saturated rings. The van der Waals surface area contributed by atoms with Crippen LogP contribution in [0.4, 0.5) is 8.78 Å². The topological polar surface area (TPSA) is 18.5 Å². The molecule has 0 spiro atoms. The largest absolute Gasteiger partial charge is 0.493 e. The van der Waals surface area contributed by atoms with Gasteiger partial charge in [-0.3, -0.25) is 0 Å². The predicted octanol–water partition coefficient (Wildman–Crippen LogP) is 8.68. The van der Waals surface area contributed by atoms with Gasteiger partial charge in [0.1, 0.15) is 17.4 Å². The first-order chi connectivity index (χ1) is 17.0. The van der Waals surface area contributed by atoms with Gasteiger partial charge in [0.15, 0.2) is 0 Å². The highest BCUT2D eigenvalue weighted by Gasteiger charge is 2.11. The van der Waals surface area contributed by atoms with Gasteiger partial charge in [0.05, 0.1) is 13.2 Å². The van der Waals surface area contributed by atoms with Gasteiger partial charge in [-0.2, -0.15) is 0 Å². The van der Waals surface area contributed by atoms with E-state index in [1.165, 1.54) is 50.3 Å². The number of benzene rings is 2. The lowest BCUT2D eigenvalue weighted by atomic mass is 9.99. The smallest absolute Gasteiger partial charge is 0.129 e. The molecule has 0 bridgehead atoms. The number of hydrogen-bond acceptors (Lipinski definition) is 2. The van der Waals surface area contributed by atoms with Crippen LogP contribution in [0.5, 0.6) is 5.75 Å². The van der Waals surface area contributed by atoms with Crippen LogP contribution in [0.3, 0.4) is 0 Å². The Morgan fingerprint density at radius 1 is 0.800 bits per heavy atom. The highest BCUT2D eigenvalue weighted by molar-refractivity contribution is 5.66. The van der Waals surface area contributed by atoms with E-state index >= 15 is 0 Å². The monoisotopic (exact) mass is 480 g/mol. The molecule has 1 aliphatic carbocycles. The number of unbranched alkanes of at least 4 members (excludes halogenated alkanes) is 6. The summed E-state index contributed by atoms with van der Waals surface area (Å²) < 4.78 is 39.7. The van der Waals surface area contributed by atoms with Crippen molar-refractivity contribution in [2.24, 2.45) is 0 Å². The molecule has 3 rings (SSSR count). The Bertz CT molecular complexity index is 1030. The molecule has 0 saturated carbocycles. The van der Waals surface area contributed by atoms with Crippen molar-refractivity contribution in [3.8, 4) is 16.9 Å². The lowest BCUT2D eigenvalue weighted by Crippen LogP contribution is -2.01. The fourth-order valence-corrected chi connectivity index (χ4v) is 4.19. The summed E-state index contributed by atoms with van der Waals surface area (Å²) in [5.74, 6) is -0.181. The van der Waals surface area contributed by atoms with E-state index in [1.807, 2.05) is 24.3 Å². The SMILES string of the molecule is C=C1C=CC(COCCCCCCCCCOc2ccc(-c3cc(F)c(C)c(F)c3)cc2CC)=C1. The maximum absolute atomic E-state index is 14.0. The van der Waals surface area contributed by atoms with Crippen LogP contribution in [0.1, 0.15) is 63.0 Å². The van der Waals surface area contributed by atoms with Crippen LogP contribution in [0.15, 0.2) is 66.3 Å². The van der Waals surface area contributed by atoms with Gasteiger partial charge in [-0.05, 0) is 78.3 Å². The molecule has 1 aliphatic rings. The van der Waals surface area contributed by atoms with Gasteiger partial charge >= 0.3 is 0 Å². The average molecular weight is 481 g/mol. The van der Waals surface area contributed by atoms with E-state index in [9.17, 15) is 8.78 Å². The summed E-state index contributed by atoms with van der Waals surface area (Å²) in [4.78, 5) is 0. The maximum atomic E-state index is 14.0. The van der Waals surface area contributed by atoms with E-state index in [2.05, 4.69) is 25.7 Å². The van der Waals surface area contributed by atoms with Crippen molar-refractivity contribution >= 4 is 0 Å². The van der Waals surface area contributed by atoms with Gasteiger partial charge in [-0.15, -0.1) is 0 Å². The van der Waals surface area contributed by atoms with Crippen molar-refractivity contribution in [2.75, 3.05) is 19.8 Å². The van der Waals surface area contributed by atoms with Crippen LogP contribution in [0.2, 0.25) is 0 Å². The van der Waals surface area contributed by atoms with Crippen molar-refractivity contribution in [1.29, 1.82) is 0 Å². The number of rotatable bonds is 15. The number of halogens is 2. The summed E-state index contributed by atoms with van der Waals surface area (Å²) in [6.07, 6.45) is 15.1. The molecule has 0 saturated heterocycles. The number of aryl methyl sites for hydroxylation is 1. The van der Waals surface area contributed by atoms with Crippen molar-refractivity contribution in [2.45, 2.75) is 65.2 Å². The molecule has 0 atom stereocenters. The van der Waals surface area contributed by atoms with E-state index in [0.717, 1.165) is 54.7 Å². The first kappa shape index (κ1) is 26.9. The molecule has 0 N–H and O–H groups in total. The Kier molecular flexibility index (Phi) is 10.7. The third-order valence-corrected chi connectivity index (χ3v) is 6.40. The molecule has 0 heterocycles. The predicted molar refractivity (Wildman–Crippen MR) is 141 cm³/mol. The molecule has 2 nitrogen and oxygen atoms in total. The standard InChI is InChI=1S/C31H38F2O2/c1-4-26-19-27(28-20-29(32)24(3)30(33)21-28)14-15-31(26)35-17-11-9-7-5-6-8-10-16-34-22-25-13-12-23(2)18-25/h12-15,18-21H,2,4-11,16-17,22H2,1,3H3. The lowest BCUT2D eigenvalue weighted by molar-refractivity contribution is 0.153. The Morgan fingerprint density at radius 3 is 2.09 bits per heavy atom. The fourth-order valence-electron chi connectivity index (χ4n) is 4.19. The summed E-state index contributed by atoms with van der Waals surface area (Å²) in [5, 5.41) is 0. The second-order valence-electron chi connectivity index (χ2n) is 9.24. The molecule has 2 aromatic rings. The van der Waals surface area contributed by atoms with Crippen molar-refractivity contribution in [3.63, 3.8) is 0 Å². The van der Waals surface area contributed by atoms with Gasteiger partial charge in [0.2, 0.25) is 0 Å². The van der Waals surface area contributed by atoms with Crippen molar-refractivity contribution < 1.29 is 18.3 Å². The zero-order valence-electron chi connectivity index (χ0n) is 21.2. The van der Waals surface area contributed by atoms with E-state index in [1.54, 1.807) is 0 Å². The summed E-state index contributed by atoms with van der Waals surface area (Å²) >= 11 is 0. The van der Waals surface area contributed by atoms with Gasteiger partial charge in [-0.25, -0.2) is 8.78 Å². The second kappa shape index (κ2) is 14.0. The van der Waals surface area contributed by atoms with Gasteiger partial charge in [0.25, 0.3) is 0 Å². The summed E-state index contributed by atoms with van der Waals surface area (Å²) in [6.45, 7) is 9.60. The maximum Gasteiger partial charge on any atom is 0.129 e. The van der Waals surface area contributed by atoms with Crippen molar-refractivity contribution in [1.82, 2.24) is 0 Å². The van der Waals surface area contributed by atoms with Gasteiger partial charge in [-0.1, -0.05) is 69.9 Å². The Morgan fingerprint density at radius 2 is 1.46 bits per heavy atom. The van der Waals surface area contributed by atoms with Gasteiger partial charge < -0.3 is 9.47 Å². The van der Waals surface area contributed by atoms with Crippen LogP contribution < -0.4 is 4.74 Å². The first-order valence-corrected chi connectivity index (χ1v) is 12.8. The first-order valence-electron chi connectivity index (χ1n) is 12.8. The molecule has 0 amide bonds. The zero-order chi connectivity index (χ0) is 25.0. The van der Waals surface area contributed by atoms with Crippen LogP contribution in [-0.2, 0) is 11.2 Å². The lowest BCUT2D eigenvalue weighted by Gasteiger charge is -2.13. The van der Waals surface area contributed by atoms with E-state index in [-0.39, 0.29) is 5.56 Å². The molecule has 2 aromatic carbocycles. The van der Waals surface area contributed by atoms with Crippen molar-refractivity contribution in [3.05, 3.63) is 89.0 Å². The molecule has 0 unspecified atom stereocenters. The minimum atomic E-state index is -0.520. The fraction of sp³-hybridized carbons (Fsp3) is 0.419. The minimum Gasteiger partial charge on any atom is -0.493 e. The van der Waals surface area contributed by atoms with Crippen LogP contribution >= 0.6 is 0 Å². The normalized spacial score (nSPS) is 12.9. The number of hydrogen-bond donors (Lipinski definition) is 0. The summed E-state index contributed by atoms with van der Waals surface area (Å²) in [5.41, 5.74) is 4.71. The second-order valence-corrected chi connectivity index (χ2v) is 9.24. The highest BCUT2D eigenvalue weighted by atomic mass is 19.1. The molecular weight excluding hydrogens is 442 g/mol. The molecule has 0 aromatic heterocycles. The van der Waals surface area contributed by atoms with Crippen LogP contribution in [0.25, 0.3) is 11.1 Å². The number of ether oxygens (including phenoxy) is 2. The molecular formula is C31H38F2O2. The van der Waals surface area contributed by atoms with E-state index in [0.29, 0.717) is 18.8 Å². The molecule has 35 heavy (non-hydrogen) atoms. The zero-order valence-corrected chi connectivity index (χ0v) is 21.2. The molecule has 4 heteroatoms. The molecule has 0 radical (unpaired) electrons. The highest BCUT2D eigenvalue weighted by Crippen LogP contribution is 2.29. The summed E-state index contributed by atoms with van der Waals surface area (Å²) in [6, 6.07) is 8.55. The Hall–Kier alpha value is -2.72. The van der Waals surface area contributed by atoms with Crippen LogP contribution in [-0.4, -0.2) is 19.8 Å². The summed E-state index contributed by atoms with van der Waals surface area (Å²) in [7, 11) is 0. The molecule has 0 aliphatic heterocycles. The third-order valence-electron chi connectivity index (χ3n) is 6.40. The minimum absolute atomic E-state index is 0.0519. The van der Waals surface area contributed by atoms with Gasteiger partial charge in [0, 0.05) is 12.2 Å². The third kappa shape index (κ3) is 8.47. The number of allylic oxidation sites excluding steroid dienone is 3. The Labute approximate surface area is 209 Å². The van der Waals surface area contributed by atoms with E-state index in [4.69, 9.17) is 9.47 Å². The molecule has 188 valence electrons. The quantitative estimate of drug-likeness (QED) is 0.237. The van der Waals surface area contributed by atoms with E-state index < -0.39 is 11.6 Å².